The van der Waals surface area contributed by atoms with Gasteiger partial charge in [-0.25, -0.2) is 4.39 Å². The largest absolute Gasteiger partial charge is 0.457 e. The molecule has 6 nitrogen and oxygen atoms in total. The van der Waals surface area contributed by atoms with E-state index in [9.17, 15) is 18.8 Å². The number of rotatable bonds is 4. The number of thioether (sulfide) groups is 1. The average Bonchev–Trinajstić information content (AvgIpc) is 3.39. The quantitative estimate of drug-likeness (QED) is 0.526. The Hall–Kier alpha value is -3.65. The molecule has 3 amide bonds. The monoisotopic (exact) mass is 462 g/mol. The molecule has 1 aromatic heterocycles. The minimum atomic E-state index is -0.518. The molecule has 1 fully saturated rings. The first-order valence-corrected chi connectivity index (χ1v) is 11.3. The third-order valence-electron chi connectivity index (χ3n) is 5.68. The fourth-order valence-corrected chi connectivity index (χ4v) is 4.73. The van der Waals surface area contributed by atoms with Crippen molar-refractivity contribution < 1.29 is 23.2 Å². The standard InChI is InChI=1S/C25H19FN2O4S/c26-19-7-5-17(6-8-19)21-10-9-20(32-21)13-22-24(30)28(25(31)33-22)15-23(29)27-12-11-16-3-1-2-4-18(16)14-27/h1-10,13H,11-12,14-15H2/b22-13-. The van der Waals surface area contributed by atoms with Crippen molar-refractivity contribution in [3.63, 3.8) is 0 Å². The van der Waals surface area contributed by atoms with Crippen LogP contribution in [0.5, 0.6) is 0 Å². The summed E-state index contributed by atoms with van der Waals surface area (Å²) < 4.78 is 18.9. The molecule has 2 aliphatic rings. The molecular weight excluding hydrogens is 443 g/mol. The van der Waals surface area contributed by atoms with Crippen LogP contribution in [-0.2, 0) is 22.6 Å². The molecule has 2 aliphatic heterocycles. The topological polar surface area (TPSA) is 70.8 Å². The summed E-state index contributed by atoms with van der Waals surface area (Å²) in [5.41, 5.74) is 2.99. The molecule has 0 unspecified atom stereocenters. The number of benzene rings is 2. The van der Waals surface area contributed by atoms with Crippen molar-refractivity contribution in [2.45, 2.75) is 13.0 Å². The van der Waals surface area contributed by atoms with E-state index in [1.807, 2.05) is 18.2 Å². The molecule has 0 bridgehead atoms. The highest BCUT2D eigenvalue weighted by molar-refractivity contribution is 8.18. The first-order valence-electron chi connectivity index (χ1n) is 10.4. The van der Waals surface area contributed by atoms with Crippen LogP contribution in [0.15, 0.2) is 70.0 Å². The number of furan rings is 1. The number of hydrogen-bond donors (Lipinski definition) is 0. The molecule has 8 heteroatoms. The van der Waals surface area contributed by atoms with Gasteiger partial charge in [0.25, 0.3) is 11.1 Å². The first-order chi connectivity index (χ1) is 16.0. The van der Waals surface area contributed by atoms with Gasteiger partial charge in [-0.15, -0.1) is 0 Å². The zero-order valence-corrected chi connectivity index (χ0v) is 18.3. The second-order valence-electron chi connectivity index (χ2n) is 7.81. The maximum absolute atomic E-state index is 13.1. The SMILES string of the molecule is O=C(CN1C(=O)S/C(=C\c2ccc(-c3ccc(F)cc3)o2)C1=O)N1CCc2ccccc2C1. The summed E-state index contributed by atoms with van der Waals surface area (Å²) in [6.07, 6.45) is 2.23. The van der Waals surface area contributed by atoms with Gasteiger partial charge in [0.1, 0.15) is 23.9 Å². The van der Waals surface area contributed by atoms with Crippen LogP contribution in [0.2, 0.25) is 0 Å². The Morgan fingerprint density at radius 2 is 1.79 bits per heavy atom. The number of hydrogen-bond acceptors (Lipinski definition) is 5. The maximum atomic E-state index is 13.1. The highest BCUT2D eigenvalue weighted by Gasteiger charge is 2.37. The second-order valence-corrected chi connectivity index (χ2v) is 8.80. The van der Waals surface area contributed by atoms with E-state index in [0.717, 1.165) is 28.6 Å². The van der Waals surface area contributed by atoms with Crippen molar-refractivity contribution in [3.05, 3.63) is 88.3 Å². The number of fused-ring (bicyclic) bond motifs is 1. The van der Waals surface area contributed by atoms with E-state index in [-0.39, 0.29) is 23.2 Å². The summed E-state index contributed by atoms with van der Waals surface area (Å²) in [4.78, 5) is 40.9. The minimum Gasteiger partial charge on any atom is -0.457 e. The van der Waals surface area contributed by atoms with Crippen molar-refractivity contribution in [1.82, 2.24) is 9.80 Å². The van der Waals surface area contributed by atoms with Crippen molar-refractivity contribution in [2.75, 3.05) is 13.1 Å². The van der Waals surface area contributed by atoms with Gasteiger partial charge in [0.05, 0.1) is 4.91 Å². The van der Waals surface area contributed by atoms with Gasteiger partial charge in [-0.1, -0.05) is 24.3 Å². The number of carbonyl (C=O) groups is 3. The molecular formula is C25H19FN2O4S. The lowest BCUT2D eigenvalue weighted by Crippen LogP contribution is -2.44. The molecule has 3 aromatic rings. The van der Waals surface area contributed by atoms with Crippen molar-refractivity contribution in [3.8, 4) is 11.3 Å². The zero-order valence-electron chi connectivity index (χ0n) is 17.5. The van der Waals surface area contributed by atoms with Crippen molar-refractivity contribution in [1.29, 1.82) is 0 Å². The van der Waals surface area contributed by atoms with Gasteiger partial charge in [-0.2, -0.15) is 0 Å². The van der Waals surface area contributed by atoms with E-state index >= 15 is 0 Å². The maximum Gasteiger partial charge on any atom is 0.294 e. The summed E-state index contributed by atoms with van der Waals surface area (Å²) in [7, 11) is 0. The summed E-state index contributed by atoms with van der Waals surface area (Å²) in [6.45, 7) is 0.739. The van der Waals surface area contributed by atoms with Gasteiger partial charge < -0.3 is 9.32 Å². The number of amides is 3. The Labute approximate surface area is 193 Å². The van der Waals surface area contributed by atoms with E-state index in [1.165, 1.54) is 23.8 Å². The van der Waals surface area contributed by atoms with Gasteiger partial charge in [-0.05, 0) is 65.7 Å². The van der Waals surface area contributed by atoms with E-state index < -0.39 is 11.1 Å². The highest BCUT2D eigenvalue weighted by Crippen LogP contribution is 2.33. The molecule has 5 rings (SSSR count). The lowest BCUT2D eigenvalue weighted by atomic mass is 10.00. The fourth-order valence-electron chi connectivity index (χ4n) is 3.91. The number of nitrogens with zero attached hydrogens (tertiary/aromatic N) is 2. The van der Waals surface area contributed by atoms with E-state index in [0.29, 0.717) is 30.2 Å². The Bertz CT molecular complexity index is 1280. The van der Waals surface area contributed by atoms with Gasteiger partial charge in [0.2, 0.25) is 5.91 Å². The lowest BCUT2D eigenvalue weighted by Gasteiger charge is -2.29. The number of imide groups is 1. The second kappa shape index (κ2) is 8.71. The smallest absolute Gasteiger partial charge is 0.294 e. The zero-order chi connectivity index (χ0) is 22.9. The lowest BCUT2D eigenvalue weighted by molar-refractivity contribution is -0.136. The molecule has 33 heavy (non-hydrogen) atoms. The van der Waals surface area contributed by atoms with Gasteiger partial charge in [0.15, 0.2) is 0 Å². The summed E-state index contributed by atoms with van der Waals surface area (Å²) >= 11 is 0.779. The Morgan fingerprint density at radius 3 is 2.58 bits per heavy atom. The van der Waals surface area contributed by atoms with Crippen molar-refractivity contribution >= 4 is 34.9 Å². The summed E-state index contributed by atoms with van der Waals surface area (Å²) in [5.74, 6) is -0.220. The predicted octanol–water partition coefficient (Wildman–Crippen LogP) is 4.71. The van der Waals surface area contributed by atoms with Crippen LogP contribution in [0.1, 0.15) is 16.9 Å². The van der Waals surface area contributed by atoms with Crippen LogP contribution in [0.25, 0.3) is 17.4 Å². The molecule has 0 radical (unpaired) electrons. The normalized spacial score (nSPS) is 17.1. The van der Waals surface area contributed by atoms with Gasteiger partial charge in [-0.3, -0.25) is 19.3 Å². The molecule has 166 valence electrons. The molecule has 2 aromatic carbocycles. The van der Waals surface area contributed by atoms with Crippen LogP contribution in [0.4, 0.5) is 9.18 Å². The van der Waals surface area contributed by atoms with E-state index in [2.05, 4.69) is 6.07 Å². The van der Waals surface area contributed by atoms with Gasteiger partial charge >= 0.3 is 0 Å². The average molecular weight is 463 g/mol. The predicted molar refractivity (Wildman–Crippen MR) is 122 cm³/mol. The third kappa shape index (κ3) is 4.34. The molecule has 1 saturated heterocycles. The number of carbonyl (C=O) groups excluding carboxylic acids is 3. The molecule has 3 heterocycles. The number of halogens is 1. The molecule has 0 atom stereocenters. The third-order valence-corrected chi connectivity index (χ3v) is 6.59. The van der Waals surface area contributed by atoms with Crippen molar-refractivity contribution in [2.24, 2.45) is 0 Å². The Kier molecular flexibility index (Phi) is 5.60. The van der Waals surface area contributed by atoms with Crippen LogP contribution in [-0.4, -0.2) is 39.9 Å². The van der Waals surface area contributed by atoms with E-state index in [1.54, 1.807) is 29.2 Å². The van der Waals surface area contributed by atoms with Crippen LogP contribution in [0.3, 0.4) is 0 Å². The minimum absolute atomic E-state index is 0.191. The molecule has 0 saturated carbocycles. The van der Waals surface area contributed by atoms with Crippen LogP contribution in [0, 0.1) is 5.82 Å². The summed E-state index contributed by atoms with van der Waals surface area (Å²) in [6, 6.07) is 17.2. The van der Waals surface area contributed by atoms with Crippen LogP contribution < -0.4 is 0 Å². The fraction of sp³-hybridized carbons (Fsp3) is 0.160. The molecule has 0 aliphatic carbocycles. The summed E-state index contributed by atoms with van der Waals surface area (Å²) in [5, 5.41) is -0.484. The first kappa shape index (κ1) is 21.2. The highest BCUT2D eigenvalue weighted by atomic mass is 32.2. The molecule has 0 N–H and O–H groups in total. The Morgan fingerprint density at radius 1 is 1.03 bits per heavy atom. The Balaban J connectivity index is 1.27. The molecule has 0 spiro atoms. The van der Waals surface area contributed by atoms with Gasteiger partial charge in [0, 0.05) is 24.7 Å². The van der Waals surface area contributed by atoms with Crippen LogP contribution >= 0.6 is 11.8 Å². The van der Waals surface area contributed by atoms with E-state index in [4.69, 9.17) is 4.42 Å².